The third-order valence-corrected chi connectivity index (χ3v) is 4.58. The number of hydrogen-bond donors (Lipinski definition) is 0. The zero-order chi connectivity index (χ0) is 20.7. The number of halogens is 6. The van der Waals surface area contributed by atoms with E-state index < -0.39 is 47.9 Å². The lowest BCUT2D eigenvalue weighted by Crippen LogP contribution is -2.53. The van der Waals surface area contributed by atoms with Gasteiger partial charge in [-0.05, 0) is 51.3 Å². The van der Waals surface area contributed by atoms with E-state index >= 15 is 0 Å². The van der Waals surface area contributed by atoms with Crippen LogP contribution in [-0.4, -0.2) is 35.9 Å². The highest BCUT2D eigenvalue weighted by Gasteiger charge is 2.57. The Morgan fingerprint density at radius 3 is 1.81 bits per heavy atom. The Hall–Kier alpha value is -1.93. The molecule has 0 N–H and O–H groups in total. The van der Waals surface area contributed by atoms with E-state index in [0.29, 0.717) is 12.1 Å². The van der Waals surface area contributed by atoms with Gasteiger partial charge in [0.2, 0.25) is 0 Å². The zero-order valence-corrected chi connectivity index (χ0v) is 15.2. The lowest BCUT2D eigenvalue weighted by Gasteiger charge is -2.43. The van der Waals surface area contributed by atoms with Crippen LogP contribution in [0.2, 0.25) is 0 Å². The van der Waals surface area contributed by atoms with Gasteiger partial charge in [0.1, 0.15) is 5.60 Å². The largest absolute Gasteiger partial charge is 0.444 e. The first-order chi connectivity index (χ1) is 12.2. The number of nitrogens with zero attached hydrogens (tertiary/aromatic N) is 1. The maximum Gasteiger partial charge on any atom is 0.416 e. The molecule has 1 fully saturated rings. The fourth-order valence-electron chi connectivity index (χ4n) is 3.11. The molecule has 1 aromatic rings. The van der Waals surface area contributed by atoms with Crippen LogP contribution >= 0.6 is 0 Å². The van der Waals surface area contributed by atoms with Gasteiger partial charge in [-0.25, -0.2) is 4.79 Å². The number of amides is 1. The normalized spacial score (nSPS) is 18.3. The Morgan fingerprint density at radius 1 is 0.963 bits per heavy atom. The molecule has 1 aliphatic rings. The van der Waals surface area contributed by atoms with Gasteiger partial charge in [0, 0.05) is 13.1 Å². The van der Waals surface area contributed by atoms with Crippen molar-refractivity contribution in [2.24, 2.45) is 0 Å². The molecular weight excluding hydrogens is 376 g/mol. The maximum absolute atomic E-state index is 13.9. The van der Waals surface area contributed by atoms with E-state index in [9.17, 15) is 31.1 Å². The van der Waals surface area contributed by atoms with Crippen molar-refractivity contribution in [1.29, 1.82) is 0 Å². The van der Waals surface area contributed by atoms with Crippen LogP contribution in [0.15, 0.2) is 24.3 Å². The molecule has 152 valence electrons. The minimum Gasteiger partial charge on any atom is -0.444 e. The molecule has 1 amide bonds. The number of carbonyl (C=O) groups is 1. The van der Waals surface area contributed by atoms with E-state index in [1.165, 1.54) is 4.90 Å². The van der Waals surface area contributed by atoms with Crippen molar-refractivity contribution in [2.75, 3.05) is 13.1 Å². The Balaban J connectivity index is 2.24. The van der Waals surface area contributed by atoms with E-state index in [1.807, 2.05) is 0 Å². The second-order valence-corrected chi connectivity index (χ2v) is 7.62. The fourth-order valence-corrected chi connectivity index (χ4v) is 3.11. The van der Waals surface area contributed by atoms with Crippen LogP contribution in [0.5, 0.6) is 0 Å². The first kappa shape index (κ1) is 21.4. The second-order valence-electron chi connectivity index (χ2n) is 7.62. The van der Waals surface area contributed by atoms with Crippen LogP contribution in [0, 0.1) is 0 Å². The minimum atomic E-state index is -4.66. The summed E-state index contributed by atoms with van der Waals surface area (Å²) in [5.41, 5.74) is -4.31. The number of benzene rings is 1. The van der Waals surface area contributed by atoms with E-state index in [4.69, 9.17) is 4.74 Å². The Morgan fingerprint density at radius 2 is 1.44 bits per heavy atom. The van der Waals surface area contributed by atoms with E-state index in [-0.39, 0.29) is 18.7 Å². The predicted octanol–water partition coefficient (Wildman–Crippen LogP) is 5.54. The summed E-state index contributed by atoms with van der Waals surface area (Å²) in [6.07, 6.45) is -10.9. The van der Waals surface area contributed by atoms with Crippen LogP contribution in [0.1, 0.15) is 44.7 Å². The third kappa shape index (κ3) is 4.68. The van der Waals surface area contributed by atoms with Gasteiger partial charge >= 0.3 is 18.4 Å². The first-order valence-corrected chi connectivity index (χ1v) is 8.38. The van der Waals surface area contributed by atoms with Crippen molar-refractivity contribution in [2.45, 2.75) is 57.0 Å². The fraction of sp³-hybridized carbons (Fsp3) is 0.611. The predicted molar refractivity (Wildman–Crippen MR) is 86.2 cm³/mol. The molecule has 0 bridgehead atoms. The molecule has 0 unspecified atom stereocenters. The number of piperidine rings is 1. The van der Waals surface area contributed by atoms with Crippen molar-refractivity contribution in [1.82, 2.24) is 4.90 Å². The third-order valence-electron chi connectivity index (χ3n) is 4.58. The van der Waals surface area contributed by atoms with Gasteiger partial charge in [0.05, 0.1) is 11.0 Å². The highest BCUT2D eigenvalue weighted by molar-refractivity contribution is 5.68. The molecule has 0 aliphatic carbocycles. The smallest absolute Gasteiger partial charge is 0.416 e. The molecule has 1 aliphatic heterocycles. The summed E-state index contributed by atoms with van der Waals surface area (Å²) < 4.78 is 84.8. The summed E-state index contributed by atoms with van der Waals surface area (Å²) in [6, 6.07) is 3.06. The van der Waals surface area contributed by atoms with Crippen LogP contribution in [-0.2, 0) is 16.3 Å². The van der Waals surface area contributed by atoms with Gasteiger partial charge in [-0.15, -0.1) is 0 Å². The number of alkyl halides is 6. The van der Waals surface area contributed by atoms with E-state index in [0.717, 1.165) is 12.1 Å². The quantitative estimate of drug-likeness (QED) is 0.583. The average Bonchev–Trinajstić information content (AvgIpc) is 2.51. The summed E-state index contributed by atoms with van der Waals surface area (Å²) >= 11 is 0. The number of carbonyl (C=O) groups excluding carboxylic acids is 1. The van der Waals surface area contributed by atoms with Gasteiger partial charge in [-0.1, -0.05) is 12.1 Å². The Bertz CT molecular complexity index is 665. The van der Waals surface area contributed by atoms with Gasteiger partial charge in [-0.2, -0.15) is 26.3 Å². The molecule has 1 aromatic carbocycles. The average molecular weight is 397 g/mol. The minimum absolute atomic E-state index is 0.199. The highest BCUT2D eigenvalue weighted by Crippen LogP contribution is 2.49. The van der Waals surface area contributed by atoms with Gasteiger partial charge in [-0.3, -0.25) is 0 Å². The zero-order valence-electron chi connectivity index (χ0n) is 15.2. The standard InChI is InChI=1S/C18H21F6NO2/c1-15(2,3)27-14(26)25-10-8-16(9-11-25,18(22,23)24)12-4-6-13(7-5-12)17(19,20)21/h4-7H,8-11H2,1-3H3. The van der Waals surface area contributed by atoms with Crippen molar-refractivity contribution in [3.8, 4) is 0 Å². The van der Waals surface area contributed by atoms with Crippen LogP contribution in [0.25, 0.3) is 0 Å². The van der Waals surface area contributed by atoms with Gasteiger partial charge < -0.3 is 9.64 Å². The Kier molecular flexibility index (Phi) is 5.47. The summed E-state index contributed by atoms with van der Waals surface area (Å²) in [4.78, 5) is 13.3. The van der Waals surface area contributed by atoms with Crippen molar-refractivity contribution in [3.63, 3.8) is 0 Å². The number of ether oxygens (including phenoxy) is 1. The second kappa shape index (κ2) is 6.91. The number of likely N-dealkylation sites (tertiary alicyclic amines) is 1. The van der Waals surface area contributed by atoms with Gasteiger partial charge in [0.25, 0.3) is 0 Å². The molecule has 2 rings (SSSR count). The van der Waals surface area contributed by atoms with E-state index in [1.54, 1.807) is 20.8 Å². The molecule has 0 atom stereocenters. The number of rotatable bonds is 1. The summed E-state index contributed by atoms with van der Waals surface area (Å²) in [5, 5.41) is 0. The molecule has 3 nitrogen and oxygen atoms in total. The summed E-state index contributed by atoms with van der Waals surface area (Å²) in [5.74, 6) is 0. The van der Waals surface area contributed by atoms with Crippen molar-refractivity contribution >= 4 is 6.09 Å². The summed E-state index contributed by atoms with van der Waals surface area (Å²) in [6.45, 7) is 4.55. The molecule has 9 heteroatoms. The molecule has 0 spiro atoms. The topological polar surface area (TPSA) is 29.5 Å². The van der Waals surface area contributed by atoms with Crippen LogP contribution < -0.4 is 0 Å². The van der Waals surface area contributed by atoms with Crippen molar-refractivity contribution in [3.05, 3.63) is 35.4 Å². The Labute approximate surface area is 153 Å². The summed E-state index contributed by atoms with van der Waals surface area (Å²) in [7, 11) is 0. The molecule has 0 aromatic heterocycles. The van der Waals surface area contributed by atoms with Gasteiger partial charge in [0.15, 0.2) is 0 Å². The molecule has 1 heterocycles. The maximum atomic E-state index is 13.9. The lowest BCUT2D eigenvalue weighted by atomic mass is 9.72. The lowest BCUT2D eigenvalue weighted by molar-refractivity contribution is -0.202. The number of hydrogen-bond acceptors (Lipinski definition) is 2. The molecule has 1 saturated heterocycles. The molecular formula is C18H21F6NO2. The highest BCUT2D eigenvalue weighted by atomic mass is 19.4. The molecule has 27 heavy (non-hydrogen) atoms. The van der Waals surface area contributed by atoms with Crippen LogP contribution in [0.4, 0.5) is 31.1 Å². The van der Waals surface area contributed by atoms with Crippen molar-refractivity contribution < 1.29 is 35.9 Å². The molecule has 0 saturated carbocycles. The van der Waals surface area contributed by atoms with Crippen LogP contribution in [0.3, 0.4) is 0 Å². The first-order valence-electron chi connectivity index (χ1n) is 8.38. The molecule has 0 radical (unpaired) electrons. The van der Waals surface area contributed by atoms with E-state index in [2.05, 4.69) is 0 Å². The monoisotopic (exact) mass is 397 g/mol. The SMILES string of the molecule is CC(C)(C)OC(=O)N1CCC(c2ccc(C(F)(F)F)cc2)(C(F)(F)F)CC1.